The van der Waals surface area contributed by atoms with E-state index in [2.05, 4.69) is 5.32 Å². The van der Waals surface area contributed by atoms with Crippen LogP contribution in [-0.4, -0.2) is 43.6 Å². The number of amides is 1. The van der Waals surface area contributed by atoms with Crippen LogP contribution in [0.2, 0.25) is 5.02 Å². The molecule has 1 fully saturated rings. The van der Waals surface area contributed by atoms with Gasteiger partial charge in [-0.25, -0.2) is 0 Å². The lowest BCUT2D eigenvalue weighted by Crippen LogP contribution is -2.46. The second kappa shape index (κ2) is 6.78. The summed E-state index contributed by atoms with van der Waals surface area (Å²) in [6.45, 7) is 5.69. The van der Waals surface area contributed by atoms with Gasteiger partial charge >= 0.3 is 0 Å². The standard InChI is InChI=1S/C14H19ClN2O2/c1-11-10-12(15)2-3-13(11)19-9-4-14(18)17-7-5-16-6-8-17/h2-3,10,16H,4-9H2,1H3. The van der Waals surface area contributed by atoms with Gasteiger partial charge in [0.15, 0.2) is 0 Å². The molecular weight excluding hydrogens is 264 g/mol. The predicted octanol–water partition coefficient (Wildman–Crippen LogP) is 1.85. The minimum Gasteiger partial charge on any atom is -0.493 e. The molecule has 0 aromatic heterocycles. The molecule has 0 spiro atoms. The zero-order chi connectivity index (χ0) is 13.7. The first kappa shape index (κ1) is 14.2. The van der Waals surface area contributed by atoms with Gasteiger partial charge in [0.25, 0.3) is 0 Å². The zero-order valence-corrected chi connectivity index (χ0v) is 11.9. The van der Waals surface area contributed by atoms with E-state index in [1.165, 1.54) is 0 Å². The molecule has 2 rings (SSSR count). The van der Waals surface area contributed by atoms with Crippen LogP contribution < -0.4 is 10.1 Å². The number of rotatable bonds is 4. The van der Waals surface area contributed by atoms with Crippen LogP contribution in [-0.2, 0) is 4.79 Å². The highest BCUT2D eigenvalue weighted by atomic mass is 35.5. The van der Waals surface area contributed by atoms with Crippen molar-refractivity contribution in [2.45, 2.75) is 13.3 Å². The molecule has 1 amide bonds. The summed E-state index contributed by atoms with van der Waals surface area (Å²) >= 11 is 5.88. The number of hydrogen-bond acceptors (Lipinski definition) is 3. The van der Waals surface area contributed by atoms with Crippen LogP contribution in [0.3, 0.4) is 0 Å². The van der Waals surface area contributed by atoms with Crippen LogP contribution in [0.5, 0.6) is 5.75 Å². The highest BCUT2D eigenvalue weighted by molar-refractivity contribution is 6.30. The van der Waals surface area contributed by atoms with Gasteiger partial charge in [-0.05, 0) is 30.7 Å². The first-order chi connectivity index (χ1) is 9.16. The van der Waals surface area contributed by atoms with Crippen LogP contribution in [0.4, 0.5) is 0 Å². The van der Waals surface area contributed by atoms with Crippen molar-refractivity contribution in [2.75, 3.05) is 32.8 Å². The van der Waals surface area contributed by atoms with Crippen molar-refractivity contribution in [3.8, 4) is 5.75 Å². The number of hydrogen-bond donors (Lipinski definition) is 1. The van der Waals surface area contributed by atoms with Crippen molar-refractivity contribution in [3.63, 3.8) is 0 Å². The van der Waals surface area contributed by atoms with Crippen molar-refractivity contribution < 1.29 is 9.53 Å². The predicted molar refractivity (Wildman–Crippen MR) is 75.8 cm³/mol. The lowest BCUT2D eigenvalue weighted by atomic mass is 10.2. The highest BCUT2D eigenvalue weighted by Gasteiger charge is 2.15. The molecule has 0 saturated carbocycles. The Kier molecular flexibility index (Phi) is 5.05. The fourth-order valence-corrected chi connectivity index (χ4v) is 2.32. The molecular formula is C14H19ClN2O2. The maximum atomic E-state index is 11.9. The smallest absolute Gasteiger partial charge is 0.226 e. The van der Waals surface area contributed by atoms with E-state index < -0.39 is 0 Å². The number of carbonyl (C=O) groups excluding carboxylic acids is 1. The third-order valence-corrected chi connectivity index (χ3v) is 3.42. The Balaban J connectivity index is 1.78. The van der Waals surface area contributed by atoms with Gasteiger partial charge in [0, 0.05) is 31.2 Å². The Morgan fingerprint density at radius 1 is 1.42 bits per heavy atom. The summed E-state index contributed by atoms with van der Waals surface area (Å²) in [6, 6.07) is 5.49. The molecule has 0 atom stereocenters. The van der Waals surface area contributed by atoms with Crippen LogP contribution in [0.25, 0.3) is 0 Å². The normalized spacial score (nSPS) is 15.4. The van der Waals surface area contributed by atoms with Gasteiger partial charge in [-0.1, -0.05) is 11.6 Å². The molecule has 1 aliphatic rings. The van der Waals surface area contributed by atoms with E-state index in [1.807, 2.05) is 24.0 Å². The van der Waals surface area contributed by atoms with Crippen molar-refractivity contribution in [1.29, 1.82) is 0 Å². The first-order valence-corrected chi connectivity index (χ1v) is 6.92. The Morgan fingerprint density at radius 3 is 2.84 bits per heavy atom. The SMILES string of the molecule is Cc1cc(Cl)ccc1OCCC(=O)N1CCNCC1. The minimum atomic E-state index is 0.160. The second-order valence-electron chi connectivity index (χ2n) is 4.64. The van der Waals surface area contributed by atoms with Gasteiger partial charge < -0.3 is 15.0 Å². The van der Waals surface area contributed by atoms with Gasteiger partial charge in [0.05, 0.1) is 13.0 Å². The highest BCUT2D eigenvalue weighted by Crippen LogP contribution is 2.21. The second-order valence-corrected chi connectivity index (χ2v) is 5.08. The van der Waals surface area contributed by atoms with E-state index in [1.54, 1.807) is 6.07 Å². The van der Waals surface area contributed by atoms with Crippen LogP contribution >= 0.6 is 11.6 Å². The molecule has 1 aliphatic heterocycles. The van der Waals surface area contributed by atoms with Gasteiger partial charge in [0.2, 0.25) is 5.91 Å². The number of aryl methyl sites for hydroxylation is 1. The average Bonchev–Trinajstić information content (AvgIpc) is 2.42. The molecule has 0 unspecified atom stereocenters. The number of piperazine rings is 1. The van der Waals surface area contributed by atoms with Gasteiger partial charge in [0.1, 0.15) is 5.75 Å². The van der Waals surface area contributed by atoms with E-state index in [0.29, 0.717) is 18.1 Å². The van der Waals surface area contributed by atoms with Gasteiger partial charge in [-0.3, -0.25) is 4.79 Å². The Labute approximate surface area is 118 Å². The van der Waals surface area contributed by atoms with Crippen LogP contribution in [0.15, 0.2) is 18.2 Å². The number of ether oxygens (including phenoxy) is 1. The van der Waals surface area contributed by atoms with Crippen LogP contribution in [0, 0.1) is 6.92 Å². The molecule has 104 valence electrons. The maximum Gasteiger partial charge on any atom is 0.226 e. The summed E-state index contributed by atoms with van der Waals surface area (Å²) < 4.78 is 5.63. The summed E-state index contributed by atoms with van der Waals surface area (Å²) in [5.41, 5.74) is 0.988. The van der Waals surface area contributed by atoms with Gasteiger partial charge in [-0.2, -0.15) is 0 Å². The van der Waals surface area contributed by atoms with E-state index in [4.69, 9.17) is 16.3 Å². The fraction of sp³-hybridized carbons (Fsp3) is 0.500. The molecule has 0 bridgehead atoms. The molecule has 5 heteroatoms. The third kappa shape index (κ3) is 4.11. The van der Waals surface area contributed by atoms with Crippen molar-refractivity contribution >= 4 is 17.5 Å². The molecule has 4 nitrogen and oxygen atoms in total. The fourth-order valence-electron chi connectivity index (χ4n) is 2.10. The van der Waals surface area contributed by atoms with E-state index >= 15 is 0 Å². The number of benzene rings is 1. The largest absolute Gasteiger partial charge is 0.493 e. The van der Waals surface area contributed by atoms with Crippen LogP contribution in [0.1, 0.15) is 12.0 Å². The van der Waals surface area contributed by atoms with Crippen molar-refractivity contribution in [2.24, 2.45) is 0 Å². The van der Waals surface area contributed by atoms with E-state index in [-0.39, 0.29) is 5.91 Å². The number of carbonyl (C=O) groups is 1. The number of nitrogens with zero attached hydrogens (tertiary/aromatic N) is 1. The molecule has 1 aromatic carbocycles. The quantitative estimate of drug-likeness (QED) is 0.916. The number of halogens is 1. The molecule has 0 aliphatic carbocycles. The van der Waals surface area contributed by atoms with Crippen molar-refractivity contribution in [1.82, 2.24) is 10.2 Å². The molecule has 1 aromatic rings. The van der Waals surface area contributed by atoms with Crippen molar-refractivity contribution in [3.05, 3.63) is 28.8 Å². The lowest BCUT2D eigenvalue weighted by molar-refractivity contribution is -0.132. The molecule has 1 N–H and O–H groups in total. The first-order valence-electron chi connectivity index (χ1n) is 6.54. The average molecular weight is 283 g/mol. The molecule has 19 heavy (non-hydrogen) atoms. The Bertz CT molecular complexity index is 445. The maximum absolute atomic E-state index is 11.9. The third-order valence-electron chi connectivity index (χ3n) is 3.18. The summed E-state index contributed by atoms with van der Waals surface area (Å²) in [5.74, 6) is 0.950. The summed E-state index contributed by atoms with van der Waals surface area (Å²) in [4.78, 5) is 13.8. The summed E-state index contributed by atoms with van der Waals surface area (Å²) in [7, 11) is 0. The minimum absolute atomic E-state index is 0.160. The summed E-state index contributed by atoms with van der Waals surface area (Å²) in [6.07, 6.45) is 0.419. The number of nitrogens with one attached hydrogen (secondary N) is 1. The molecule has 1 saturated heterocycles. The zero-order valence-electron chi connectivity index (χ0n) is 11.1. The van der Waals surface area contributed by atoms with E-state index in [0.717, 1.165) is 37.5 Å². The monoisotopic (exact) mass is 282 g/mol. The Morgan fingerprint density at radius 2 is 2.16 bits per heavy atom. The molecule has 0 radical (unpaired) electrons. The van der Waals surface area contributed by atoms with Gasteiger partial charge in [-0.15, -0.1) is 0 Å². The summed E-state index contributed by atoms with van der Waals surface area (Å²) in [5, 5.41) is 3.92. The Hall–Kier alpha value is -1.26. The lowest BCUT2D eigenvalue weighted by Gasteiger charge is -2.27. The topological polar surface area (TPSA) is 41.6 Å². The molecule has 1 heterocycles. The van der Waals surface area contributed by atoms with E-state index in [9.17, 15) is 4.79 Å².